The maximum atomic E-state index is 11.9. The van der Waals surface area contributed by atoms with E-state index in [9.17, 15) is 9.90 Å². The molecule has 3 aromatic rings. The fourth-order valence-electron chi connectivity index (χ4n) is 3.51. The minimum atomic E-state index is -0.637. The quantitative estimate of drug-likeness (QED) is 0.304. The van der Waals surface area contributed by atoms with Gasteiger partial charge in [0.2, 0.25) is 0 Å². The van der Waals surface area contributed by atoms with Crippen LogP contribution in [-0.2, 0) is 20.8 Å². The molecule has 0 aliphatic carbocycles. The lowest BCUT2D eigenvalue weighted by molar-refractivity contribution is -0.245. The van der Waals surface area contributed by atoms with Crippen molar-refractivity contribution in [1.82, 2.24) is 15.2 Å². The Hall–Kier alpha value is -3.18. The molecule has 0 radical (unpaired) electrons. The Morgan fingerprint density at radius 2 is 2.12 bits per heavy atom. The summed E-state index contributed by atoms with van der Waals surface area (Å²) < 4.78 is 17.6. The van der Waals surface area contributed by atoms with E-state index in [0.717, 1.165) is 21.8 Å². The van der Waals surface area contributed by atoms with Crippen LogP contribution in [0.2, 0.25) is 0 Å². The molecule has 2 aromatic carbocycles. The van der Waals surface area contributed by atoms with Crippen molar-refractivity contribution < 1.29 is 24.1 Å². The number of aromatic nitrogens is 3. The second-order valence-electron chi connectivity index (χ2n) is 7.59. The molecule has 1 aliphatic heterocycles. The highest BCUT2D eigenvalue weighted by Crippen LogP contribution is 2.39. The summed E-state index contributed by atoms with van der Waals surface area (Å²) in [6.07, 6.45) is 2.10. The van der Waals surface area contributed by atoms with Crippen LogP contribution in [0.15, 0.2) is 72.7 Å². The van der Waals surface area contributed by atoms with Crippen molar-refractivity contribution >= 4 is 23.5 Å². The molecule has 0 saturated carbocycles. The lowest BCUT2D eigenvalue weighted by Gasteiger charge is -2.36. The van der Waals surface area contributed by atoms with Crippen LogP contribution in [0.25, 0.3) is 0 Å². The van der Waals surface area contributed by atoms with Gasteiger partial charge >= 0.3 is 6.09 Å². The van der Waals surface area contributed by atoms with Crippen LogP contribution in [0, 0.1) is 0 Å². The molecule has 1 aliphatic rings. The van der Waals surface area contributed by atoms with Crippen molar-refractivity contribution in [1.29, 1.82) is 0 Å². The van der Waals surface area contributed by atoms with Crippen molar-refractivity contribution in [2.24, 2.45) is 0 Å². The summed E-state index contributed by atoms with van der Waals surface area (Å²) >= 11 is 1.53. The van der Waals surface area contributed by atoms with Crippen molar-refractivity contribution in [3.8, 4) is 0 Å². The maximum absolute atomic E-state index is 11.9. The van der Waals surface area contributed by atoms with Crippen molar-refractivity contribution in [2.75, 3.05) is 17.7 Å². The van der Waals surface area contributed by atoms with Gasteiger partial charge in [-0.15, -0.1) is 0 Å². The molecule has 3 atom stereocenters. The first-order valence-corrected chi connectivity index (χ1v) is 11.8. The number of anilines is 1. The number of hydrogen-bond donors (Lipinski definition) is 3. The van der Waals surface area contributed by atoms with E-state index in [4.69, 9.17) is 14.2 Å². The Morgan fingerprint density at radius 1 is 1.26 bits per heavy atom. The molecule has 2 heterocycles. The standard InChI is InChI=1S/C24H26N4O5S/c1-2-10-31-24(30)27-19-5-3-4-18(11-19)22-32-20(14-34-23-25-15-26-28-23)12-21(33-22)17-8-6-16(13-29)7-9-17/h2-9,11,15,20-22,29H,1,10,12-14H2,(H,27,30)(H,25,26,28)/t20-,21+,22+/m1/s1. The van der Waals surface area contributed by atoms with Crippen molar-refractivity contribution in [2.45, 2.75) is 36.7 Å². The Labute approximate surface area is 201 Å². The minimum Gasteiger partial charge on any atom is -0.445 e. The molecular formula is C24H26N4O5S. The zero-order valence-corrected chi connectivity index (χ0v) is 19.2. The SMILES string of the molecule is C=CCOC(=O)Nc1cccc([C@H]2O[C@@H](CSc3ncn[nH]3)C[C@@H](c3ccc(CO)cc3)O2)c1. The highest BCUT2D eigenvalue weighted by molar-refractivity contribution is 7.99. The zero-order chi connectivity index (χ0) is 23.8. The molecule has 4 rings (SSSR count). The number of aromatic amines is 1. The lowest BCUT2D eigenvalue weighted by atomic mass is 10.0. The van der Waals surface area contributed by atoms with Gasteiger partial charge in [0.05, 0.1) is 18.8 Å². The summed E-state index contributed by atoms with van der Waals surface area (Å²) in [7, 11) is 0. The van der Waals surface area contributed by atoms with Crippen LogP contribution < -0.4 is 5.32 Å². The smallest absolute Gasteiger partial charge is 0.411 e. The van der Waals surface area contributed by atoms with E-state index in [1.54, 1.807) is 12.1 Å². The van der Waals surface area contributed by atoms with E-state index in [1.165, 1.54) is 24.2 Å². The third-order valence-corrected chi connectivity index (χ3v) is 6.16. The summed E-state index contributed by atoms with van der Waals surface area (Å²) in [5.41, 5.74) is 3.18. The van der Waals surface area contributed by atoms with Gasteiger partial charge in [-0.3, -0.25) is 10.4 Å². The Balaban J connectivity index is 1.51. The van der Waals surface area contributed by atoms with Crippen LogP contribution in [0.4, 0.5) is 10.5 Å². The van der Waals surface area contributed by atoms with Gasteiger partial charge in [0.15, 0.2) is 11.4 Å². The molecule has 1 fully saturated rings. The fourth-order valence-corrected chi connectivity index (χ4v) is 4.31. The zero-order valence-electron chi connectivity index (χ0n) is 18.4. The second kappa shape index (κ2) is 11.8. The van der Waals surface area contributed by atoms with Crippen LogP contribution in [0.1, 0.15) is 35.5 Å². The topological polar surface area (TPSA) is 119 Å². The van der Waals surface area contributed by atoms with Gasteiger partial charge in [0.1, 0.15) is 12.9 Å². The number of aliphatic hydroxyl groups is 1. The minimum absolute atomic E-state index is 0.0109. The highest BCUT2D eigenvalue weighted by atomic mass is 32.2. The third-order valence-electron chi connectivity index (χ3n) is 5.15. The second-order valence-corrected chi connectivity index (χ2v) is 8.60. The van der Waals surface area contributed by atoms with E-state index in [1.807, 2.05) is 36.4 Å². The van der Waals surface area contributed by atoms with Gasteiger partial charge in [-0.25, -0.2) is 9.78 Å². The number of ether oxygens (including phenoxy) is 3. The van der Waals surface area contributed by atoms with Crippen molar-refractivity contribution in [3.63, 3.8) is 0 Å². The molecule has 178 valence electrons. The number of carbonyl (C=O) groups is 1. The summed E-state index contributed by atoms with van der Waals surface area (Å²) in [4.78, 5) is 16.1. The number of H-pyrrole nitrogens is 1. The normalized spacial score (nSPS) is 20.0. The first-order valence-electron chi connectivity index (χ1n) is 10.8. The maximum Gasteiger partial charge on any atom is 0.411 e. The van der Waals surface area contributed by atoms with Crippen molar-refractivity contribution in [3.05, 3.63) is 84.2 Å². The van der Waals surface area contributed by atoms with Crippen LogP contribution in [0.3, 0.4) is 0 Å². The number of amides is 1. The monoisotopic (exact) mass is 482 g/mol. The predicted octanol–water partition coefficient (Wildman–Crippen LogP) is 4.37. The summed E-state index contributed by atoms with van der Waals surface area (Å²) in [6.45, 7) is 3.65. The molecule has 1 amide bonds. The number of nitrogens with zero attached hydrogens (tertiary/aromatic N) is 2. The van der Waals surface area contributed by atoms with Gasteiger partial charge in [-0.05, 0) is 23.3 Å². The van der Waals surface area contributed by atoms with Gasteiger partial charge in [0.25, 0.3) is 0 Å². The molecule has 1 saturated heterocycles. The van der Waals surface area contributed by atoms with Crippen LogP contribution in [-0.4, -0.2) is 44.8 Å². The molecule has 1 aromatic heterocycles. The van der Waals surface area contributed by atoms with E-state index >= 15 is 0 Å². The highest BCUT2D eigenvalue weighted by Gasteiger charge is 2.32. The first-order chi connectivity index (χ1) is 16.6. The molecule has 0 bridgehead atoms. The molecule has 9 nitrogen and oxygen atoms in total. The average Bonchev–Trinajstić information content (AvgIpc) is 3.40. The van der Waals surface area contributed by atoms with E-state index in [2.05, 4.69) is 27.1 Å². The predicted molar refractivity (Wildman–Crippen MR) is 127 cm³/mol. The average molecular weight is 483 g/mol. The van der Waals surface area contributed by atoms with E-state index < -0.39 is 12.4 Å². The Kier molecular flexibility index (Phi) is 8.31. The van der Waals surface area contributed by atoms with Gasteiger partial charge < -0.3 is 19.3 Å². The number of nitrogens with one attached hydrogen (secondary N) is 2. The Morgan fingerprint density at radius 3 is 2.85 bits per heavy atom. The van der Waals surface area contributed by atoms with Gasteiger partial charge in [-0.2, -0.15) is 5.10 Å². The van der Waals surface area contributed by atoms with Gasteiger partial charge in [-0.1, -0.05) is 60.8 Å². The number of aliphatic hydroxyl groups excluding tert-OH is 1. The molecule has 0 spiro atoms. The summed E-state index contributed by atoms with van der Waals surface area (Å²) in [5, 5.41) is 19.5. The largest absolute Gasteiger partial charge is 0.445 e. The number of benzene rings is 2. The van der Waals surface area contributed by atoms with E-state index in [0.29, 0.717) is 17.9 Å². The molecule has 0 unspecified atom stereocenters. The van der Waals surface area contributed by atoms with E-state index in [-0.39, 0.29) is 25.4 Å². The first kappa shape index (κ1) is 24.0. The summed E-state index contributed by atoms with van der Waals surface area (Å²) in [5.74, 6) is 0.659. The van der Waals surface area contributed by atoms with Gasteiger partial charge in [0, 0.05) is 23.4 Å². The number of hydrogen-bond acceptors (Lipinski definition) is 8. The van der Waals surface area contributed by atoms with Crippen LogP contribution >= 0.6 is 11.8 Å². The lowest BCUT2D eigenvalue weighted by Crippen LogP contribution is -2.31. The third kappa shape index (κ3) is 6.45. The molecular weight excluding hydrogens is 456 g/mol. The number of rotatable bonds is 9. The summed E-state index contributed by atoms with van der Waals surface area (Å²) in [6, 6.07) is 15.0. The fraction of sp³-hybridized carbons (Fsp3) is 0.292. The number of carbonyl (C=O) groups excluding carboxylic acids is 1. The molecule has 34 heavy (non-hydrogen) atoms. The Bertz CT molecular complexity index is 1080. The number of thioether (sulfide) groups is 1. The molecule has 3 N–H and O–H groups in total. The van der Waals surface area contributed by atoms with Crippen LogP contribution in [0.5, 0.6) is 0 Å². The molecule has 10 heteroatoms.